The third kappa shape index (κ3) is 2.04. The molecule has 1 aromatic carbocycles. The molecule has 1 aromatic rings. The lowest BCUT2D eigenvalue weighted by molar-refractivity contribution is 0.350. The Labute approximate surface area is 68.7 Å². The molecule has 0 heterocycles. The molecular weight excluding hydrogens is 162 g/mol. The molecule has 1 N–H and O–H groups in total. The molecule has 62 valence electrons. The van der Waals surface area contributed by atoms with E-state index in [1.807, 2.05) is 0 Å². The van der Waals surface area contributed by atoms with E-state index in [0.29, 0.717) is 5.56 Å². The number of rotatable bonds is 0. The van der Waals surface area contributed by atoms with E-state index in [1.54, 1.807) is 0 Å². The minimum atomic E-state index is -0.931. The maximum atomic E-state index is 12.5. The quantitative estimate of drug-likeness (QED) is 0.579. The molecule has 1 rings (SSSR count). The topological polar surface area (TPSA) is 20.2 Å². The van der Waals surface area contributed by atoms with Crippen molar-refractivity contribution in [2.45, 2.75) is 0 Å². The van der Waals surface area contributed by atoms with Crippen molar-refractivity contribution in [1.82, 2.24) is 0 Å². The molecule has 0 fully saturated rings. The normalized spacial score (nSPS) is 8.92. The summed E-state index contributed by atoms with van der Waals surface area (Å²) in [6.07, 6.45) is 0. The van der Waals surface area contributed by atoms with Crippen molar-refractivity contribution in [3.05, 3.63) is 35.4 Å². The fraction of sp³-hybridized carbons (Fsp3) is 0.111. The first-order valence-corrected chi connectivity index (χ1v) is 3.29. The van der Waals surface area contributed by atoms with Gasteiger partial charge in [-0.05, 0) is 18.2 Å². The predicted molar refractivity (Wildman–Crippen MR) is 40.3 cm³/mol. The average Bonchev–Trinajstić information content (AvgIpc) is 2.07. The van der Waals surface area contributed by atoms with E-state index in [1.165, 1.54) is 6.07 Å². The first kappa shape index (κ1) is 8.69. The molecule has 0 bridgehead atoms. The van der Waals surface area contributed by atoms with Gasteiger partial charge in [-0.15, -0.1) is 0 Å². The van der Waals surface area contributed by atoms with Crippen LogP contribution in [-0.4, -0.2) is 11.7 Å². The number of halogens is 2. The van der Waals surface area contributed by atoms with Gasteiger partial charge in [0.1, 0.15) is 6.61 Å². The van der Waals surface area contributed by atoms with Crippen LogP contribution in [0.5, 0.6) is 0 Å². The van der Waals surface area contributed by atoms with Crippen LogP contribution < -0.4 is 0 Å². The highest BCUT2D eigenvalue weighted by atomic mass is 19.2. The number of hydrogen-bond acceptors (Lipinski definition) is 1. The lowest BCUT2D eigenvalue weighted by atomic mass is 10.2. The van der Waals surface area contributed by atoms with Gasteiger partial charge in [0.2, 0.25) is 0 Å². The van der Waals surface area contributed by atoms with E-state index in [0.717, 1.165) is 12.1 Å². The molecule has 0 saturated carbocycles. The summed E-state index contributed by atoms with van der Waals surface area (Å²) in [5.74, 6) is 2.95. The Morgan fingerprint density at radius 2 is 2.00 bits per heavy atom. The molecule has 0 saturated heterocycles. The van der Waals surface area contributed by atoms with Crippen molar-refractivity contribution < 1.29 is 13.9 Å². The Morgan fingerprint density at radius 3 is 2.58 bits per heavy atom. The molecule has 3 heteroatoms. The van der Waals surface area contributed by atoms with Crippen molar-refractivity contribution in [2.75, 3.05) is 6.61 Å². The van der Waals surface area contributed by atoms with Gasteiger partial charge >= 0.3 is 0 Å². The van der Waals surface area contributed by atoms with Crippen LogP contribution >= 0.6 is 0 Å². The van der Waals surface area contributed by atoms with Crippen LogP contribution in [0.3, 0.4) is 0 Å². The zero-order chi connectivity index (χ0) is 8.97. The lowest BCUT2D eigenvalue weighted by Gasteiger charge is -1.92. The molecule has 1 nitrogen and oxygen atoms in total. The van der Waals surface area contributed by atoms with Crippen LogP contribution in [0, 0.1) is 23.5 Å². The Bertz CT molecular complexity index is 336. The molecule has 0 spiro atoms. The summed E-state index contributed by atoms with van der Waals surface area (Å²) < 4.78 is 24.8. The van der Waals surface area contributed by atoms with Crippen LogP contribution in [0.4, 0.5) is 8.78 Å². The van der Waals surface area contributed by atoms with Crippen molar-refractivity contribution in [3.63, 3.8) is 0 Å². The standard InChI is InChI=1S/C9H6F2O/c10-8-4-3-7(2-1-5-12)6-9(8)11/h3-4,6,12H,5H2. The minimum absolute atomic E-state index is 0.293. The van der Waals surface area contributed by atoms with Gasteiger partial charge in [0.15, 0.2) is 11.6 Å². The SMILES string of the molecule is OCC#Cc1ccc(F)c(F)c1. The zero-order valence-electron chi connectivity index (χ0n) is 6.14. The minimum Gasteiger partial charge on any atom is -0.384 e. The first-order valence-electron chi connectivity index (χ1n) is 3.29. The molecule has 0 aromatic heterocycles. The number of benzene rings is 1. The second-order valence-electron chi connectivity index (χ2n) is 2.09. The number of hydrogen-bond donors (Lipinski definition) is 1. The third-order valence-electron chi connectivity index (χ3n) is 1.23. The maximum absolute atomic E-state index is 12.5. The van der Waals surface area contributed by atoms with Crippen LogP contribution in [0.25, 0.3) is 0 Å². The van der Waals surface area contributed by atoms with E-state index in [2.05, 4.69) is 11.8 Å². The van der Waals surface area contributed by atoms with Gasteiger partial charge in [0.25, 0.3) is 0 Å². The smallest absolute Gasteiger partial charge is 0.160 e. The molecule has 0 atom stereocenters. The fourth-order valence-corrected chi connectivity index (χ4v) is 0.715. The highest BCUT2D eigenvalue weighted by Crippen LogP contribution is 2.06. The Kier molecular flexibility index (Phi) is 2.78. The third-order valence-corrected chi connectivity index (χ3v) is 1.23. The van der Waals surface area contributed by atoms with E-state index >= 15 is 0 Å². The Morgan fingerprint density at radius 1 is 1.25 bits per heavy atom. The van der Waals surface area contributed by atoms with E-state index in [4.69, 9.17) is 5.11 Å². The summed E-state index contributed by atoms with van der Waals surface area (Å²) in [5, 5.41) is 8.31. The van der Waals surface area contributed by atoms with Gasteiger partial charge < -0.3 is 5.11 Å². The van der Waals surface area contributed by atoms with E-state index < -0.39 is 11.6 Å². The van der Waals surface area contributed by atoms with Gasteiger partial charge in [-0.2, -0.15) is 0 Å². The van der Waals surface area contributed by atoms with Crippen molar-refractivity contribution in [1.29, 1.82) is 0 Å². The molecule has 0 unspecified atom stereocenters. The number of aliphatic hydroxyl groups excluding tert-OH is 1. The molecule has 0 amide bonds. The van der Waals surface area contributed by atoms with Crippen molar-refractivity contribution in [3.8, 4) is 11.8 Å². The lowest BCUT2D eigenvalue weighted by Crippen LogP contribution is -1.84. The highest BCUT2D eigenvalue weighted by molar-refractivity contribution is 5.34. The molecule has 0 radical (unpaired) electrons. The van der Waals surface area contributed by atoms with Crippen molar-refractivity contribution >= 4 is 0 Å². The molecule has 0 aliphatic rings. The van der Waals surface area contributed by atoms with Crippen LogP contribution in [0.2, 0.25) is 0 Å². The molecule has 0 aliphatic carbocycles. The second-order valence-corrected chi connectivity index (χ2v) is 2.09. The van der Waals surface area contributed by atoms with Gasteiger partial charge in [-0.1, -0.05) is 11.8 Å². The number of aliphatic hydroxyl groups is 1. The van der Waals surface area contributed by atoms with Crippen LogP contribution in [0.1, 0.15) is 5.56 Å². The van der Waals surface area contributed by atoms with Gasteiger partial charge in [-0.3, -0.25) is 0 Å². The van der Waals surface area contributed by atoms with Gasteiger partial charge in [0.05, 0.1) is 0 Å². The average molecular weight is 168 g/mol. The van der Waals surface area contributed by atoms with E-state index in [-0.39, 0.29) is 6.61 Å². The fourth-order valence-electron chi connectivity index (χ4n) is 0.715. The monoisotopic (exact) mass is 168 g/mol. The summed E-state index contributed by atoms with van der Waals surface area (Å²) in [6, 6.07) is 3.33. The van der Waals surface area contributed by atoms with Gasteiger partial charge in [0, 0.05) is 5.56 Å². The van der Waals surface area contributed by atoms with Crippen molar-refractivity contribution in [2.24, 2.45) is 0 Å². The van der Waals surface area contributed by atoms with Gasteiger partial charge in [-0.25, -0.2) is 8.78 Å². The Balaban J connectivity index is 2.97. The largest absolute Gasteiger partial charge is 0.384 e. The second kappa shape index (κ2) is 3.84. The zero-order valence-corrected chi connectivity index (χ0v) is 6.14. The Hall–Kier alpha value is -1.40. The van der Waals surface area contributed by atoms with E-state index in [9.17, 15) is 8.78 Å². The summed E-state index contributed by atoms with van der Waals surface area (Å²) in [5.41, 5.74) is 0.350. The van der Waals surface area contributed by atoms with Crippen LogP contribution in [-0.2, 0) is 0 Å². The molecular formula is C9H6F2O. The highest BCUT2D eigenvalue weighted by Gasteiger charge is 1.99. The molecule has 12 heavy (non-hydrogen) atoms. The van der Waals surface area contributed by atoms with Crippen LogP contribution in [0.15, 0.2) is 18.2 Å². The first-order chi connectivity index (χ1) is 5.74. The maximum Gasteiger partial charge on any atom is 0.160 e. The summed E-state index contributed by atoms with van der Waals surface area (Å²) >= 11 is 0. The summed E-state index contributed by atoms with van der Waals surface area (Å²) in [6.45, 7) is -0.293. The summed E-state index contributed by atoms with van der Waals surface area (Å²) in [4.78, 5) is 0. The molecule has 0 aliphatic heterocycles. The predicted octanol–water partition coefficient (Wildman–Crippen LogP) is 1.31. The summed E-state index contributed by atoms with van der Waals surface area (Å²) in [7, 11) is 0.